The monoisotopic (exact) mass is 306 g/mol. The quantitative estimate of drug-likeness (QED) is 0.635. The summed E-state index contributed by atoms with van der Waals surface area (Å²) >= 11 is 5.94. The molecule has 112 valence electrons. The minimum absolute atomic E-state index is 0.182. The summed E-state index contributed by atoms with van der Waals surface area (Å²) in [7, 11) is 1.64. The van der Waals surface area contributed by atoms with Crippen molar-refractivity contribution in [1.29, 1.82) is 0 Å². The average Bonchev–Trinajstić information content (AvgIpc) is 2.48. The zero-order valence-electron chi connectivity index (χ0n) is 12.1. The van der Waals surface area contributed by atoms with Gasteiger partial charge in [-0.2, -0.15) is 0 Å². The summed E-state index contributed by atoms with van der Waals surface area (Å²) in [6.07, 6.45) is 0. The predicted molar refractivity (Wildman–Crippen MR) is 84.7 cm³/mol. The first-order valence-corrected chi connectivity index (χ1v) is 7.01. The van der Waals surface area contributed by atoms with Crippen molar-refractivity contribution in [2.45, 2.75) is 13.0 Å². The van der Waals surface area contributed by atoms with Crippen molar-refractivity contribution in [2.75, 3.05) is 13.7 Å². The van der Waals surface area contributed by atoms with Crippen molar-refractivity contribution in [3.05, 3.63) is 58.6 Å². The van der Waals surface area contributed by atoms with Gasteiger partial charge in [0, 0.05) is 10.6 Å². The van der Waals surface area contributed by atoms with Gasteiger partial charge in [0.05, 0.1) is 13.2 Å². The van der Waals surface area contributed by atoms with E-state index in [2.05, 4.69) is 5.43 Å². The van der Waals surface area contributed by atoms with Gasteiger partial charge in [-0.1, -0.05) is 35.4 Å². The van der Waals surface area contributed by atoms with Crippen molar-refractivity contribution in [3.8, 4) is 11.5 Å². The molecule has 0 bridgehead atoms. The van der Waals surface area contributed by atoms with Crippen molar-refractivity contribution >= 4 is 11.6 Å². The molecule has 0 heterocycles. The number of aryl methyl sites for hydroxylation is 1. The number of nitrogens with one attached hydrogen (secondary N) is 1. The van der Waals surface area contributed by atoms with Crippen LogP contribution in [0.4, 0.5) is 0 Å². The molecule has 0 saturated heterocycles. The van der Waals surface area contributed by atoms with Crippen LogP contribution >= 0.6 is 11.6 Å². The Kier molecular flexibility index (Phi) is 5.44. The highest BCUT2D eigenvalue weighted by Crippen LogP contribution is 2.27. The average molecular weight is 307 g/mol. The van der Waals surface area contributed by atoms with Crippen LogP contribution in [0.15, 0.2) is 42.5 Å². The first-order chi connectivity index (χ1) is 10.1. The molecule has 0 spiro atoms. The molecule has 2 aromatic rings. The van der Waals surface area contributed by atoms with Crippen LogP contribution in [-0.4, -0.2) is 13.7 Å². The van der Waals surface area contributed by atoms with Gasteiger partial charge in [-0.05, 0) is 31.2 Å². The third-order valence-electron chi connectivity index (χ3n) is 3.17. The van der Waals surface area contributed by atoms with Crippen molar-refractivity contribution < 1.29 is 9.47 Å². The summed E-state index contributed by atoms with van der Waals surface area (Å²) in [6.45, 7) is 2.39. The minimum atomic E-state index is -0.182. The van der Waals surface area contributed by atoms with Crippen LogP contribution in [0.25, 0.3) is 0 Å². The molecule has 0 radical (unpaired) electrons. The molecule has 1 unspecified atom stereocenters. The van der Waals surface area contributed by atoms with E-state index >= 15 is 0 Å². The number of methoxy groups -OCH3 is 1. The van der Waals surface area contributed by atoms with Crippen molar-refractivity contribution in [2.24, 2.45) is 5.84 Å². The molecule has 2 aromatic carbocycles. The van der Waals surface area contributed by atoms with E-state index in [-0.39, 0.29) is 6.04 Å². The topological polar surface area (TPSA) is 56.5 Å². The van der Waals surface area contributed by atoms with Gasteiger partial charge in [0.15, 0.2) is 0 Å². The third kappa shape index (κ3) is 4.11. The first-order valence-electron chi connectivity index (χ1n) is 6.63. The zero-order chi connectivity index (χ0) is 15.2. The lowest BCUT2D eigenvalue weighted by molar-refractivity contribution is 0.263. The SMILES string of the molecule is COc1ccc(C)cc1C(COc1cccc(Cl)c1)NN. The Hall–Kier alpha value is -1.75. The molecule has 2 rings (SSSR count). The summed E-state index contributed by atoms with van der Waals surface area (Å²) in [5.41, 5.74) is 4.86. The Morgan fingerprint density at radius 2 is 2.05 bits per heavy atom. The molecule has 0 aliphatic carbocycles. The van der Waals surface area contributed by atoms with Gasteiger partial charge in [0.1, 0.15) is 18.1 Å². The number of ether oxygens (including phenoxy) is 2. The lowest BCUT2D eigenvalue weighted by Crippen LogP contribution is -2.32. The molecule has 1 atom stereocenters. The smallest absolute Gasteiger partial charge is 0.123 e. The maximum absolute atomic E-state index is 5.94. The number of nitrogens with two attached hydrogens (primary N) is 1. The standard InChI is InChI=1S/C16H19ClN2O2/c1-11-6-7-16(20-2)14(8-11)15(19-18)10-21-13-5-3-4-12(17)9-13/h3-9,15,19H,10,18H2,1-2H3. The minimum Gasteiger partial charge on any atom is -0.496 e. The lowest BCUT2D eigenvalue weighted by atomic mass is 10.0. The van der Waals surface area contributed by atoms with E-state index in [9.17, 15) is 0 Å². The largest absolute Gasteiger partial charge is 0.496 e. The maximum Gasteiger partial charge on any atom is 0.123 e. The Balaban J connectivity index is 2.15. The fraction of sp³-hybridized carbons (Fsp3) is 0.250. The van der Waals surface area contributed by atoms with Crippen LogP contribution in [-0.2, 0) is 0 Å². The second-order valence-electron chi connectivity index (χ2n) is 4.73. The van der Waals surface area contributed by atoms with Crippen LogP contribution in [0.5, 0.6) is 11.5 Å². The van der Waals surface area contributed by atoms with Crippen LogP contribution in [0.3, 0.4) is 0 Å². The van der Waals surface area contributed by atoms with Crippen molar-refractivity contribution in [1.82, 2.24) is 5.43 Å². The molecule has 0 amide bonds. The van der Waals surface area contributed by atoms with Crippen molar-refractivity contribution in [3.63, 3.8) is 0 Å². The molecule has 3 N–H and O–H groups in total. The fourth-order valence-electron chi connectivity index (χ4n) is 2.09. The van der Waals surface area contributed by atoms with Crippen LogP contribution in [0, 0.1) is 6.92 Å². The Labute approximate surface area is 129 Å². The van der Waals surface area contributed by atoms with Gasteiger partial charge in [0.25, 0.3) is 0 Å². The highest BCUT2D eigenvalue weighted by atomic mass is 35.5. The van der Waals surface area contributed by atoms with Crippen LogP contribution in [0.1, 0.15) is 17.2 Å². The molecule has 0 aliphatic rings. The van der Waals surface area contributed by atoms with E-state index < -0.39 is 0 Å². The van der Waals surface area contributed by atoms with Gasteiger partial charge in [-0.15, -0.1) is 0 Å². The molecule has 0 aliphatic heterocycles. The molecule has 4 nitrogen and oxygen atoms in total. The number of benzene rings is 2. The van der Waals surface area contributed by atoms with Gasteiger partial charge in [-0.25, -0.2) is 5.43 Å². The van der Waals surface area contributed by atoms with E-state index in [1.54, 1.807) is 19.2 Å². The van der Waals surface area contributed by atoms with E-state index in [1.807, 2.05) is 37.3 Å². The molecular formula is C16H19ClN2O2. The third-order valence-corrected chi connectivity index (χ3v) is 3.41. The number of hydrogen-bond donors (Lipinski definition) is 2. The Morgan fingerprint density at radius 3 is 2.71 bits per heavy atom. The fourth-order valence-corrected chi connectivity index (χ4v) is 2.27. The Morgan fingerprint density at radius 1 is 1.24 bits per heavy atom. The molecule has 0 fully saturated rings. The van der Waals surface area contributed by atoms with Gasteiger partial charge >= 0.3 is 0 Å². The number of rotatable bonds is 6. The summed E-state index contributed by atoms with van der Waals surface area (Å²) in [6, 6.07) is 13.0. The lowest BCUT2D eigenvalue weighted by Gasteiger charge is -2.20. The number of hydrazine groups is 1. The molecule has 0 aromatic heterocycles. The molecular weight excluding hydrogens is 288 g/mol. The van der Waals surface area contributed by atoms with E-state index in [0.717, 1.165) is 16.9 Å². The van der Waals surface area contributed by atoms with E-state index in [1.165, 1.54) is 0 Å². The highest BCUT2D eigenvalue weighted by Gasteiger charge is 2.16. The summed E-state index contributed by atoms with van der Waals surface area (Å²) in [4.78, 5) is 0. The van der Waals surface area contributed by atoms with E-state index in [4.69, 9.17) is 26.9 Å². The summed E-state index contributed by atoms with van der Waals surface area (Å²) in [5, 5.41) is 0.637. The maximum atomic E-state index is 5.94. The van der Waals surface area contributed by atoms with Gasteiger partial charge in [-0.3, -0.25) is 5.84 Å². The van der Waals surface area contributed by atoms with E-state index in [0.29, 0.717) is 17.4 Å². The Bertz CT molecular complexity index is 605. The van der Waals surface area contributed by atoms with Crippen LogP contribution in [0.2, 0.25) is 5.02 Å². The highest BCUT2D eigenvalue weighted by molar-refractivity contribution is 6.30. The summed E-state index contributed by atoms with van der Waals surface area (Å²) in [5.74, 6) is 7.14. The first kappa shape index (κ1) is 15.6. The number of hydrogen-bond acceptors (Lipinski definition) is 4. The van der Waals surface area contributed by atoms with Crippen LogP contribution < -0.4 is 20.7 Å². The number of halogens is 1. The van der Waals surface area contributed by atoms with Gasteiger partial charge in [0.2, 0.25) is 0 Å². The molecule has 5 heteroatoms. The second-order valence-corrected chi connectivity index (χ2v) is 5.17. The van der Waals surface area contributed by atoms with Gasteiger partial charge < -0.3 is 9.47 Å². The molecule has 21 heavy (non-hydrogen) atoms. The zero-order valence-corrected chi connectivity index (χ0v) is 12.9. The summed E-state index contributed by atoms with van der Waals surface area (Å²) < 4.78 is 11.1. The predicted octanol–water partition coefficient (Wildman–Crippen LogP) is 3.24. The normalized spacial score (nSPS) is 12.0. The molecule has 0 saturated carbocycles. The second kappa shape index (κ2) is 7.31.